The van der Waals surface area contributed by atoms with E-state index in [1.165, 1.54) is 34.5 Å². The van der Waals surface area contributed by atoms with Gasteiger partial charge in [-0.3, -0.25) is 19.3 Å². The van der Waals surface area contributed by atoms with Crippen LogP contribution in [0, 0.1) is 0 Å². The van der Waals surface area contributed by atoms with Gasteiger partial charge in [0.15, 0.2) is 18.0 Å². The number of hydrogen-bond acceptors (Lipinski definition) is 8. The first-order valence-electron chi connectivity index (χ1n) is 10.7. The Labute approximate surface area is 215 Å². The van der Waals surface area contributed by atoms with E-state index in [0.717, 1.165) is 10.5 Å². The monoisotopic (exact) mass is 536 g/mol. The van der Waals surface area contributed by atoms with E-state index in [2.05, 4.69) is 15.3 Å². The van der Waals surface area contributed by atoms with E-state index in [9.17, 15) is 19.2 Å². The molecule has 3 atom stereocenters. The van der Waals surface area contributed by atoms with Gasteiger partial charge in [0, 0.05) is 24.4 Å². The van der Waals surface area contributed by atoms with Crippen LogP contribution in [0.5, 0.6) is 0 Å². The van der Waals surface area contributed by atoms with E-state index in [0.29, 0.717) is 20.9 Å². The largest absolute Gasteiger partial charge is 0.335 e. The van der Waals surface area contributed by atoms with Gasteiger partial charge < -0.3 is 15.1 Å². The molecule has 0 saturated carbocycles. The smallest absolute Gasteiger partial charge is 0.328 e. The number of carbonyl (C=O) groups excluding carboxylic acids is 4. The maximum absolute atomic E-state index is 13.2. The predicted octanol–water partition coefficient (Wildman–Crippen LogP) is 3.36. The third-order valence-corrected chi connectivity index (χ3v) is 7.51. The van der Waals surface area contributed by atoms with Gasteiger partial charge in [-0.15, -0.1) is 11.3 Å². The van der Waals surface area contributed by atoms with Crippen molar-refractivity contribution in [2.75, 3.05) is 18.9 Å². The zero-order chi connectivity index (χ0) is 25.4. The lowest BCUT2D eigenvalue weighted by Gasteiger charge is -2.42. The number of hydrogen-bond donors (Lipinski definition) is 1. The molecule has 35 heavy (non-hydrogen) atoms. The molecule has 1 aromatic carbocycles. The van der Waals surface area contributed by atoms with Gasteiger partial charge in [-0.2, -0.15) is 0 Å². The van der Waals surface area contributed by atoms with Crippen molar-refractivity contribution in [3.8, 4) is 10.6 Å². The second-order valence-corrected chi connectivity index (χ2v) is 9.78. The lowest BCUT2D eigenvalue weighted by Crippen LogP contribution is -2.66. The van der Waals surface area contributed by atoms with Crippen LogP contribution in [0.25, 0.3) is 10.6 Å². The van der Waals surface area contributed by atoms with Crippen LogP contribution in [0.1, 0.15) is 20.3 Å². The fourth-order valence-corrected chi connectivity index (χ4v) is 4.86. The Morgan fingerprint density at radius 1 is 1.23 bits per heavy atom. The lowest BCUT2D eigenvalue weighted by atomic mass is 10.1. The Kier molecular flexibility index (Phi) is 7.11. The first-order chi connectivity index (χ1) is 16.6. The maximum Gasteiger partial charge on any atom is 0.328 e. The topological polar surface area (TPSA) is 115 Å². The van der Waals surface area contributed by atoms with Gasteiger partial charge in [0.2, 0.25) is 5.91 Å². The van der Waals surface area contributed by atoms with Gasteiger partial charge in [-0.25, -0.2) is 14.8 Å². The molecular weight excluding hydrogens is 515 g/mol. The van der Waals surface area contributed by atoms with E-state index in [1.807, 2.05) is 0 Å². The number of amides is 4. The van der Waals surface area contributed by atoms with Gasteiger partial charge in [0.05, 0.1) is 22.9 Å². The molecule has 1 aromatic heterocycles. The first-order valence-corrected chi connectivity index (χ1v) is 12.4. The van der Waals surface area contributed by atoms with Gasteiger partial charge in [0.1, 0.15) is 16.9 Å². The molecule has 0 bridgehead atoms. The van der Waals surface area contributed by atoms with Crippen LogP contribution in [0.3, 0.4) is 0 Å². The number of nitrogens with one attached hydrogen (secondary N) is 1. The summed E-state index contributed by atoms with van der Waals surface area (Å²) >= 11 is 13.4. The number of thiazole rings is 1. The van der Waals surface area contributed by atoms with E-state index in [4.69, 9.17) is 23.2 Å². The summed E-state index contributed by atoms with van der Waals surface area (Å²) in [5, 5.41) is 5.93. The minimum absolute atomic E-state index is 0.200. The number of imide groups is 1. The molecule has 10 nitrogen and oxygen atoms in total. The van der Waals surface area contributed by atoms with Crippen molar-refractivity contribution >= 4 is 70.3 Å². The average molecular weight is 537 g/mol. The molecule has 2 aromatic rings. The third-order valence-electron chi connectivity index (χ3n) is 5.88. The molecule has 4 rings (SSSR count). The van der Waals surface area contributed by atoms with E-state index in [-0.39, 0.29) is 18.7 Å². The number of ketones is 1. The maximum atomic E-state index is 13.2. The normalized spacial score (nSPS) is 20.3. The Balaban J connectivity index is 1.48. The highest BCUT2D eigenvalue weighted by Gasteiger charge is 2.51. The molecule has 2 aliphatic rings. The molecule has 0 radical (unpaired) electrons. The van der Waals surface area contributed by atoms with Crippen molar-refractivity contribution in [2.45, 2.75) is 38.5 Å². The average Bonchev–Trinajstić information content (AvgIpc) is 3.49. The van der Waals surface area contributed by atoms with Crippen LogP contribution in [0.15, 0.2) is 28.6 Å². The molecule has 13 heteroatoms. The van der Waals surface area contributed by atoms with Crippen LogP contribution in [0.4, 0.5) is 10.6 Å². The van der Waals surface area contributed by atoms with Crippen molar-refractivity contribution in [1.29, 1.82) is 0 Å². The number of aliphatic imine (C=N–C) groups is 1. The molecule has 1 fully saturated rings. The number of Topliss-reactive ketones (excluding diaryl/α,β-unsaturated/α-hetero) is 1. The van der Waals surface area contributed by atoms with Crippen molar-refractivity contribution in [3.05, 3.63) is 33.6 Å². The number of benzene rings is 1. The van der Waals surface area contributed by atoms with Crippen LogP contribution in [-0.2, 0) is 14.4 Å². The van der Waals surface area contributed by atoms with Crippen molar-refractivity contribution in [1.82, 2.24) is 19.7 Å². The lowest BCUT2D eigenvalue weighted by molar-refractivity contribution is -0.141. The molecule has 184 valence electrons. The number of rotatable bonds is 7. The Bertz CT molecular complexity index is 1230. The predicted molar refractivity (Wildman–Crippen MR) is 134 cm³/mol. The number of urea groups is 1. The summed E-state index contributed by atoms with van der Waals surface area (Å²) in [7, 11) is 1.52. The van der Waals surface area contributed by atoms with Gasteiger partial charge in [-0.1, -0.05) is 36.2 Å². The number of anilines is 1. The highest BCUT2D eigenvalue weighted by molar-refractivity contribution is 7.13. The van der Waals surface area contributed by atoms with E-state index in [1.54, 1.807) is 37.4 Å². The summed E-state index contributed by atoms with van der Waals surface area (Å²) < 4.78 is 0. The highest BCUT2D eigenvalue weighted by atomic mass is 35.5. The third kappa shape index (κ3) is 4.75. The van der Waals surface area contributed by atoms with Crippen molar-refractivity contribution in [2.24, 2.45) is 4.99 Å². The van der Waals surface area contributed by atoms with Crippen LogP contribution in [-0.4, -0.2) is 81.5 Å². The summed E-state index contributed by atoms with van der Waals surface area (Å²) in [5.41, 5.74) is 0.759. The Morgan fingerprint density at radius 3 is 2.66 bits per heavy atom. The number of fused-ring (bicyclic) bond motifs is 1. The fourth-order valence-electron chi connectivity index (χ4n) is 3.81. The molecule has 3 heterocycles. The molecular formula is C22H22Cl2N6O4S. The SMILES string of the molecule is CCC(=O)CN1C(=O)C2C(N=CN2[C@@H](C)C(=O)Nc2csc(-c3ccc(Cl)c(Cl)c3)n2)N(C)C1=O. The highest BCUT2D eigenvalue weighted by Crippen LogP contribution is 2.32. The van der Waals surface area contributed by atoms with Gasteiger partial charge in [0.25, 0.3) is 5.91 Å². The van der Waals surface area contributed by atoms with Crippen molar-refractivity contribution < 1.29 is 19.2 Å². The fraction of sp³-hybridized carbons (Fsp3) is 0.364. The summed E-state index contributed by atoms with van der Waals surface area (Å²) in [6, 6.07) is 2.84. The minimum Gasteiger partial charge on any atom is -0.335 e. The number of carbonyl (C=O) groups is 4. The zero-order valence-electron chi connectivity index (χ0n) is 19.1. The second kappa shape index (κ2) is 9.92. The standard InChI is InChI=1S/C22H22Cl2N6O4S/c1-4-13(31)8-29-21(33)17-18(28(3)22(29)34)25-10-30(17)11(2)19(32)26-16-9-35-20(27-16)12-5-6-14(23)15(24)7-12/h5-7,9-11,17-18H,4,8H2,1-3H3,(H,26,32)/t11-,17?,18?/m0/s1. The van der Waals surface area contributed by atoms with Crippen LogP contribution < -0.4 is 5.32 Å². The van der Waals surface area contributed by atoms with Crippen LogP contribution >= 0.6 is 34.5 Å². The molecule has 0 aliphatic carbocycles. The molecule has 4 amide bonds. The Morgan fingerprint density at radius 2 is 1.97 bits per heavy atom. The second-order valence-electron chi connectivity index (χ2n) is 8.11. The molecule has 2 unspecified atom stereocenters. The zero-order valence-corrected chi connectivity index (χ0v) is 21.4. The number of nitrogens with zero attached hydrogens (tertiary/aromatic N) is 5. The Hall–Kier alpha value is -3.02. The number of halogens is 2. The molecule has 1 N–H and O–H groups in total. The summed E-state index contributed by atoms with van der Waals surface area (Å²) in [6.07, 6.45) is 0.819. The summed E-state index contributed by atoms with van der Waals surface area (Å²) in [6.45, 7) is 2.98. The summed E-state index contributed by atoms with van der Waals surface area (Å²) in [4.78, 5) is 63.2. The van der Waals surface area contributed by atoms with E-state index >= 15 is 0 Å². The summed E-state index contributed by atoms with van der Waals surface area (Å²) in [5.74, 6) is -0.867. The van der Waals surface area contributed by atoms with Crippen molar-refractivity contribution in [3.63, 3.8) is 0 Å². The van der Waals surface area contributed by atoms with Gasteiger partial charge >= 0.3 is 6.03 Å². The first kappa shape index (κ1) is 25.1. The molecule has 1 saturated heterocycles. The van der Waals surface area contributed by atoms with Gasteiger partial charge in [-0.05, 0) is 19.1 Å². The number of aromatic nitrogens is 1. The minimum atomic E-state index is -0.912. The molecule has 2 aliphatic heterocycles. The van der Waals surface area contributed by atoms with E-state index < -0.39 is 36.1 Å². The molecule has 0 spiro atoms. The quantitative estimate of drug-likeness (QED) is 0.580. The number of likely N-dealkylation sites (N-methyl/N-ethyl adjacent to an activating group) is 1. The van der Waals surface area contributed by atoms with Crippen LogP contribution in [0.2, 0.25) is 10.0 Å².